The van der Waals surface area contributed by atoms with Crippen LogP contribution >= 0.6 is 0 Å². The number of carbonyl (C=O) groups is 3. The van der Waals surface area contributed by atoms with Gasteiger partial charge in [0.2, 0.25) is 5.91 Å². The van der Waals surface area contributed by atoms with Gasteiger partial charge in [-0.15, -0.1) is 0 Å². The van der Waals surface area contributed by atoms with E-state index in [9.17, 15) is 19.5 Å². The van der Waals surface area contributed by atoms with Gasteiger partial charge in [-0.1, -0.05) is 68.8 Å². The number of nitrogens with one attached hydrogen (secondary N) is 1. The molecule has 1 aliphatic heterocycles. The summed E-state index contributed by atoms with van der Waals surface area (Å²) in [6, 6.07) is 16.0. The molecule has 2 N–H and O–H groups in total. The number of hydrogen-bond acceptors (Lipinski definition) is 4. The molecule has 2 aromatic rings. The predicted octanol–water partition coefficient (Wildman–Crippen LogP) is 4.65. The van der Waals surface area contributed by atoms with Crippen LogP contribution in [0.5, 0.6) is 0 Å². The average Bonchev–Trinajstić information content (AvgIpc) is 3.16. The first-order chi connectivity index (χ1) is 16.9. The van der Waals surface area contributed by atoms with Crippen molar-refractivity contribution >= 4 is 18.0 Å². The Morgan fingerprint density at radius 1 is 1.06 bits per heavy atom. The smallest absolute Gasteiger partial charge is 0.407 e. The van der Waals surface area contributed by atoms with E-state index in [0.29, 0.717) is 19.4 Å². The van der Waals surface area contributed by atoms with E-state index in [1.165, 1.54) is 11.1 Å². The Kier molecular flexibility index (Phi) is 7.73. The van der Waals surface area contributed by atoms with Crippen LogP contribution in [0.25, 0.3) is 11.1 Å². The zero-order valence-electron chi connectivity index (χ0n) is 20.4. The van der Waals surface area contributed by atoms with Gasteiger partial charge in [0.25, 0.3) is 0 Å². The van der Waals surface area contributed by atoms with Crippen LogP contribution in [0.1, 0.15) is 56.6 Å². The number of carboxylic acids is 1. The highest BCUT2D eigenvalue weighted by molar-refractivity contribution is 5.80. The SMILES string of the molecule is CCC[C@@H](CC(=O)N1CC(C)CC(C(=O)O)C1)NC(=O)OCC1c2ccccc2-c2ccccc21. The van der Waals surface area contributed by atoms with Gasteiger partial charge >= 0.3 is 12.1 Å². The zero-order chi connectivity index (χ0) is 24.9. The minimum Gasteiger partial charge on any atom is -0.481 e. The molecule has 35 heavy (non-hydrogen) atoms. The van der Waals surface area contributed by atoms with Crippen molar-refractivity contribution in [3.8, 4) is 11.1 Å². The lowest BCUT2D eigenvalue weighted by atomic mass is 9.90. The first-order valence-corrected chi connectivity index (χ1v) is 12.5. The molecule has 7 heteroatoms. The number of piperidine rings is 1. The highest BCUT2D eigenvalue weighted by Gasteiger charge is 2.33. The van der Waals surface area contributed by atoms with E-state index in [2.05, 4.69) is 29.6 Å². The summed E-state index contributed by atoms with van der Waals surface area (Å²) in [6.45, 7) is 4.96. The summed E-state index contributed by atoms with van der Waals surface area (Å²) in [6.07, 6.45) is 1.62. The maximum Gasteiger partial charge on any atom is 0.407 e. The number of hydrogen-bond donors (Lipinski definition) is 2. The molecule has 7 nitrogen and oxygen atoms in total. The van der Waals surface area contributed by atoms with Gasteiger partial charge < -0.3 is 20.1 Å². The van der Waals surface area contributed by atoms with E-state index in [-0.39, 0.29) is 43.4 Å². The van der Waals surface area contributed by atoms with Crippen molar-refractivity contribution in [2.75, 3.05) is 19.7 Å². The average molecular weight is 479 g/mol. The molecular formula is C28H34N2O5. The molecule has 2 amide bonds. The molecule has 4 rings (SSSR count). The molecule has 0 spiro atoms. The van der Waals surface area contributed by atoms with Gasteiger partial charge in [-0.25, -0.2) is 4.79 Å². The lowest BCUT2D eigenvalue weighted by molar-refractivity contribution is -0.147. The van der Waals surface area contributed by atoms with Crippen molar-refractivity contribution in [3.63, 3.8) is 0 Å². The van der Waals surface area contributed by atoms with E-state index >= 15 is 0 Å². The summed E-state index contributed by atoms with van der Waals surface area (Å²) < 4.78 is 5.66. The van der Waals surface area contributed by atoms with Gasteiger partial charge in [-0.3, -0.25) is 9.59 Å². The van der Waals surface area contributed by atoms with Crippen molar-refractivity contribution < 1.29 is 24.2 Å². The van der Waals surface area contributed by atoms with E-state index in [1.807, 2.05) is 38.1 Å². The van der Waals surface area contributed by atoms with Gasteiger partial charge in [0.1, 0.15) is 6.61 Å². The molecule has 0 radical (unpaired) electrons. The number of amides is 2. The molecule has 1 heterocycles. The third kappa shape index (κ3) is 5.66. The third-order valence-electron chi connectivity index (χ3n) is 7.09. The quantitative estimate of drug-likeness (QED) is 0.576. The lowest BCUT2D eigenvalue weighted by Gasteiger charge is -2.35. The molecule has 0 saturated carbocycles. The summed E-state index contributed by atoms with van der Waals surface area (Å²) in [7, 11) is 0. The van der Waals surface area contributed by atoms with Crippen LogP contribution in [0.3, 0.4) is 0 Å². The van der Waals surface area contributed by atoms with Crippen LogP contribution in [0, 0.1) is 11.8 Å². The molecule has 2 aliphatic rings. The van der Waals surface area contributed by atoms with Crippen LogP contribution in [0.4, 0.5) is 4.79 Å². The Morgan fingerprint density at radius 2 is 1.69 bits per heavy atom. The normalized spacial score (nSPS) is 20.0. The number of alkyl carbamates (subject to hydrolysis) is 1. The zero-order valence-corrected chi connectivity index (χ0v) is 20.4. The van der Waals surface area contributed by atoms with Crippen LogP contribution in [-0.4, -0.2) is 53.7 Å². The number of aliphatic carboxylic acids is 1. The summed E-state index contributed by atoms with van der Waals surface area (Å²) in [4.78, 5) is 38.8. The molecule has 1 aliphatic carbocycles. The van der Waals surface area contributed by atoms with E-state index in [1.54, 1.807) is 4.90 Å². The Morgan fingerprint density at radius 3 is 2.29 bits per heavy atom. The van der Waals surface area contributed by atoms with E-state index in [0.717, 1.165) is 17.5 Å². The van der Waals surface area contributed by atoms with E-state index < -0.39 is 18.0 Å². The molecule has 3 atom stereocenters. The molecule has 2 aromatic carbocycles. The van der Waals surface area contributed by atoms with Crippen LogP contribution in [-0.2, 0) is 14.3 Å². The highest BCUT2D eigenvalue weighted by atomic mass is 16.5. The number of carbonyl (C=O) groups excluding carboxylic acids is 2. The molecular weight excluding hydrogens is 444 g/mol. The van der Waals surface area contributed by atoms with Gasteiger partial charge in [0.05, 0.1) is 5.92 Å². The lowest BCUT2D eigenvalue weighted by Crippen LogP contribution is -2.48. The monoisotopic (exact) mass is 478 g/mol. The van der Waals surface area contributed by atoms with Crippen molar-refractivity contribution in [2.24, 2.45) is 11.8 Å². The second-order valence-electron chi connectivity index (χ2n) is 9.83. The fraction of sp³-hybridized carbons (Fsp3) is 0.464. The summed E-state index contributed by atoms with van der Waals surface area (Å²) in [5.41, 5.74) is 4.63. The molecule has 1 fully saturated rings. The Balaban J connectivity index is 1.36. The second-order valence-corrected chi connectivity index (χ2v) is 9.83. The highest BCUT2D eigenvalue weighted by Crippen LogP contribution is 2.44. The number of ether oxygens (including phenoxy) is 1. The number of likely N-dealkylation sites (tertiary alicyclic amines) is 1. The third-order valence-corrected chi connectivity index (χ3v) is 7.09. The van der Waals surface area contributed by atoms with Crippen molar-refractivity contribution in [2.45, 2.75) is 51.5 Å². The fourth-order valence-electron chi connectivity index (χ4n) is 5.45. The second kappa shape index (κ2) is 10.9. The van der Waals surface area contributed by atoms with Crippen molar-refractivity contribution in [1.29, 1.82) is 0 Å². The summed E-state index contributed by atoms with van der Waals surface area (Å²) in [5.74, 6) is -1.42. The van der Waals surface area contributed by atoms with Crippen LogP contribution in [0.2, 0.25) is 0 Å². The Labute approximate surface area is 206 Å². The van der Waals surface area contributed by atoms with Crippen LogP contribution < -0.4 is 5.32 Å². The van der Waals surface area contributed by atoms with Gasteiger partial charge in [-0.05, 0) is 41.0 Å². The Hall–Kier alpha value is -3.35. The predicted molar refractivity (Wildman–Crippen MR) is 133 cm³/mol. The van der Waals surface area contributed by atoms with Gasteiger partial charge in [-0.2, -0.15) is 0 Å². The molecule has 2 unspecified atom stereocenters. The summed E-state index contributed by atoms with van der Waals surface area (Å²) >= 11 is 0. The van der Waals surface area contributed by atoms with Gasteiger partial charge in [0.15, 0.2) is 0 Å². The minimum atomic E-state index is -0.865. The largest absolute Gasteiger partial charge is 0.481 e. The maximum absolute atomic E-state index is 13.0. The van der Waals surface area contributed by atoms with Gasteiger partial charge in [0, 0.05) is 31.5 Å². The first-order valence-electron chi connectivity index (χ1n) is 12.5. The maximum atomic E-state index is 13.0. The minimum absolute atomic E-state index is 0.0257. The number of nitrogens with zero attached hydrogens (tertiary/aromatic N) is 1. The summed E-state index contributed by atoms with van der Waals surface area (Å²) in [5, 5.41) is 12.3. The molecule has 1 saturated heterocycles. The van der Waals surface area contributed by atoms with E-state index in [4.69, 9.17) is 4.74 Å². The number of rotatable bonds is 8. The number of fused-ring (bicyclic) bond motifs is 3. The molecule has 186 valence electrons. The molecule has 0 aromatic heterocycles. The van der Waals surface area contributed by atoms with Crippen molar-refractivity contribution in [3.05, 3.63) is 59.7 Å². The first kappa shape index (κ1) is 24.8. The fourth-order valence-corrected chi connectivity index (χ4v) is 5.45. The molecule has 0 bridgehead atoms. The topological polar surface area (TPSA) is 95.9 Å². The van der Waals surface area contributed by atoms with Crippen molar-refractivity contribution in [1.82, 2.24) is 10.2 Å². The number of carboxylic acid groups (broad SMARTS) is 1. The van der Waals surface area contributed by atoms with Crippen LogP contribution in [0.15, 0.2) is 48.5 Å². The number of benzene rings is 2. The Bertz CT molecular complexity index is 1040. The standard InChI is InChI=1S/C28H34N2O5/c1-3-8-20(14-26(31)30-15-18(2)13-19(16-30)27(32)33)29-28(34)35-17-25-23-11-6-4-9-21(23)22-10-5-7-12-24(22)25/h4-7,9-12,18-20,25H,3,8,13-17H2,1-2H3,(H,29,34)(H,32,33)/t18?,19?,20-/m0/s1.